The van der Waals surface area contributed by atoms with E-state index in [1.165, 1.54) is 24.3 Å². The lowest BCUT2D eigenvalue weighted by Crippen LogP contribution is -2.12. The summed E-state index contributed by atoms with van der Waals surface area (Å²) in [5.74, 6) is -0.135. The van der Waals surface area contributed by atoms with Crippen LogP contribution < -0.4 is 0 Å². The van der Waals surface area contributed by atoms with Crippen LogP contribution in [-0.4, -0.2) is 21.7 Å². The number of rotatable bonds is 1. The predicted octanol–water partition coefficient (Wildman–Crippen LogP) is 2.97. The van der Waals surface area contributed by atoms with E-state index < -0.39 is 0 Å². The number of phenols is 2. The Morgan fingerprint density at radius 2 is 1.60 bits per heavy atom. The molecule has 98 valence electrons. The number of fused-ring (bicyclic) bond motifs is 1. The maximum Gasteiger partial charge on any atom is 0.186 e. The van der Waals surface area contributed by atoms with Crippen LogP contribution in [0.1, 0.15) is 15.9 Å². The average molecular weight is 265 g/mol. The molecule has 3 rings (SSSR count). The van der Waals surface area contributed by atoms with Crippen LogP contribution in [0.15, 0.2) is 59.6 Å². The molecule has 0 saturated heterocycles. The lowest BCUT2D eigenvalue weighted by molar-refractivity contribution is 0.104. The monoisotopic (exact) mass is 265 g/mol. The summed E-state index contributed by atoms with van der Waals surface area (Å²) in [6.45, 7) is 0. The summed E-state index contributed by atoms with van der Waals surface area (Å²) < 4.78 is 0. The number of carbonyl (C=O) groups excluding carboxylic acids is 1. The van der Waals surface area contributed by atoms with Gasteiger partial charge in [0.25, 0.3) is 0 Å². The number of allylic oxidation sites excluding steroid dienone is 2. The molecule has 1 aliphatic carbocycles. The molecule has 0 radical (unpaired) electrons. The van der Waals surface area contributed by atoms with E-state index in [1.807, 2.05) is 0 Å². The number of ketones is 1. The summed E-state index contributed by atoms with van der Waals surface area (Å²) >= 11 is 0. The molecule has 0 amide bonds. The highest BCUT2D eigenvalue weighted by molar-refractivity contribution is 6.25. The largest absolute Gasteiger partial charge is 0.507 e. The van der Waals surface area contributed by atoms with E-state index in [0.717, 1.165) is 0 Å². The number of nitrogens with zero attached hydrogens (tertiary/aromatic N) is 1. The fraction of sp³-hybridized carbons (Fsp3) is 0. The highest BCUT2D eigenvalue weighted by Crippen LogP contribution is 2.31. The third-order valence-corrected chi connectivity index (χ3v) is 3.08. The number of hydrogen-bond acceptors (Lipinski definition) is 4. The van der Waals surface area contributed by atoms with Gasteiger partial charge in [0.2, 0.25) is 0 Å². The molecular formula is C16H11NO3. The summed E-state index contributed by atoms with van der Waals surface area (Å²) in [6, 6.07) is 11.4. The number of para-hydroxylation sites is 2. The molecule has 0 saturated carbocycles. The number of carbonyl (C=O) groups is 1. The van der Waals surface area contributed by atoms with Gasteiger partial charge in [-0.25, -0.2) is 4.99 Å². The minimum absolute atomic E-state index is 0.00521. The third kappa shape index (κ3) is 1.97. The molecule has 0 atom stereocenters. The van der Waals surface area contributed by atoms with Crippen molar-refractivity contribution in [2.75, 3.05) is 0 Å². The molecule has 0 aromatic heterocycles. The Morgan fingerprint density at radius 1 is 0.850 bits per heavy atom. The van der Waals surface area contributed by atoms with Gasteiger partial charge in [-0.05, 0) is 30.4 Å². The van der Waals surface area contributed by atoms with Crippen molar-refractivity contribution in [1.29, 1.82) is 0 Å². The summed E-state index contributed by atoms with van der Waals surface area (Å²) in [5, 5.41) is 19.7. The maximum atomic E-state index is 11.8. The molecule has 0 bridgehead atoms. The van der Waals surface area contributed by atoms with Crippen LogP contribution in [0.3, 0.4) is 0 Å². The van der Waals surface area contributed by atoms with Crippen molar-refractivity contribution in [3.63, 3.8) is 0 Å². The molecule has 0 fully saturated rings. The van der Waals surface area contributed by atoms with Gasteiger partial charge < -0.3 is 10.2 Å². The Balaban J connectivity index is 2.20. The van der Waals surface area contributed by atoms with E-state index in [1.54, 1.807) is 30.3 Å². The van der Waals surface area contributed by atoms with Crippen LogP contribution in [0, 0.1) is 0 Å². The van der Waals surface area contributed by atoms with Crippen LogP contribution in [-0.2, 0) is 0 Å². The fourth-order valence-corrected chi connectivity index (χ4v) is 2.12. The van der Waals surface area contributed by atoms with Crippen LogP contribution in [0.5, 0.6) is 11.5 Å². The first-order valence-electron chi connectivity index (χ1n) is 6.08. The first-order valence-corrected chi connectivity index (χ1v) is 6.08. The molecule has 2 N–H and O–H groups in total. The van der Waals surface area contributed by atoms with Gasteiger partial charge in [0.15, 0.2) is 5.78 Å². The van der Waals surface area contributed by atoms with Crippen LogP contribution in [0.2, 0.25) is 0 Å². The van der Waals surface area contributed by atoms with Crippen molar-refractivity contribution in [1.82, 2.24) is 0 Å². The van der Waals surface area contributed by atoms with Gasteiger partial charge in [0.05, 0.1) is 11.3 Å². The minimum atomic E-state index is -0.174. The maximum absolute atomic E-state index is 11.8. The summed E-state index contributed by atoms with van der Waals surface area (Å²) in [7, 11) is 0. The quantitative estimate of drug-likeness (QED) is 0.832. The molecule has 4 nitrogen and oxygen atoms in total. The molecule has 4 heteroatoms. The Bertz CT molecular complexity index is 760. The van der Waals surface area contributed by atoms with Crippen molar-refractivity contribution in [2.24, 2.45) is 4.99 Å². The third-order valence-electron chi connectivity index (χ3n) is 3.08. The first kappa shape index (κ1) is 12.2. The second-order valence-electron chi connectivity index (χ2n) is 4.38. The molecule has 0 spiro atoms. The summed E-state index contributed by atoms with van der Waals surface area (Å²) in [6.07, 6.45) is 2.94. The van der Waals surface area contributed by atoms with Crippen molar-refractivity contribution in [2.45, 2.75) is 0 Å². The van der Waals surface area contributed by atoms with E-state index in [0.29, 0.717) is 22.5 Å². The SMILES string of the molecule is O=C1C=CC(=Nc2ccccc2O)c2c(O)cccc21. The predicted molar refractivity (Wildman–Crippen MR) is 75.9 cm³/mol. The van der Waals surface area contributed by atoms with Gasteiger partial charge in [-0.2, -0.15) is 0 Å². The topological polar surface area (TPSA) is 69.9 Å². The smallest absolute Gasteiger partial charge is 0.186 e. The Hall–Kier alpha value is -2.88. The zero-order valence-corrected chi connectivity index (χ0v) is 10.4. The van der Waals surface area contributed by atoms with Gasteiger partial charge in [-0.1, -0.05) is 24.3 Å². The van der Waals surface area contributed by atoms with Gasteiger partial charge >= 0.3 is 0 Å². The lowest BCUT2D eigenvalue weighted by atomic mass is 9.93. The molecule has 1 aliphatic rings. The summed E-state index contributed by atoms with van der Waals surface area (Å²) in [4.78, 5) is 16.1. The zero-order valence-electron chi connectivity index (χ0n) is 10.4. The Kier molecular flexibility index (Phi) is 2.84. The molecule has 0 unspecified atom stereocenters. The van der Waals surface area contributed by atoms with E-state index in [2.05, 4.69) is 4.99 Å². The van der Waals surface area contributed by atoms with Crippen molar-refractivity contribution >= 4 is 17.2 Å². The number of benzene rings is 2. The van der Waals surface area contributed by atoms with Gasteiger partial charge in [-0.15, -0.1) is 0 Å². The van der Waals surface area contributed by atoms with Crippen LogP contribution in [0.25, 0.3) is 0 Å². The summed E-state index contributed by atoms with van der Waals surface area (Å²) in [5.41, 5.74) is 1.62. The minimum Gasteiger partial charge on any atom is -0.507 e. The fourth-order valence-electron chi connectivity index (χ4n) is 2.12. The van der Waals surface area contributed by atoms with E-state index in [4.69, 9.17) is 0 Å². The highest BCUT2D eigenvalue weighted by atomic mass is 16.3. The highest BCUT2D eigenvalue weighted by Gasteiger charge is 2.20. The van der Waals surface area contributed by atoms with Crippen molar-refractivity contribution in [3.8, 4) is 11.5 Å². The molecular weight excluding hydrogens is 254 g/mol. The number of phenolic OH excluding ortho intramolecular Hbond substituents is 2. The van der Waals surface area contributed by atoms with Crippen LogP contribution >= 0.6 is 0 Å². The average Bonchev–Trinajstić information content (AvgIpc) is 2.44. The van der Waals surface area contributed by atoms with Gasteiger partial charge in [-0.3, -0.25) is 4.79 Å². The van der Waals surface area contributed by atoms with E-state index >= 15 is 0 Å². The number of hydrogen-bond donors (Lipinski definition) is 2. The second kappa shape index (κ2) is 4.66. The molecule has 0 heterocycles. The number of aromatic hydroxyl groups is 2. The van der Waals surface area contributed by atoms with Gasteiger partial charge in [0, 0.05) is 5.56 Å². The van der Waals surface area contributed by atoms with Crippen molar-refractivity contribution < 1.29 is 15.0 Å². The van der Waals surface area contributed by atoms with Crippen molar-refractivity contribution in [3.05, 3.63) is 65.7 Å². The standard InChI is InChI=1S/C16H11NO3/c18-13-9-8-12(16-10(13)4-3-7-15(16)20)17-11-5-1-2-6-14(11)19/h1-9,19-20H. The second-order valence-corrected chi connectivity index (χ2v) is 4.38. The molecule has 2 aromatic carbocycles. The lowest BCUT2D eigenvalue weighted by Gasteiger charge is -2.13. The zero-order chi connectivity index (χ0) is 14.1. The Morgan fingerprint density at radius 3 is 2.40 bits per heavy atom. The van der Waals surface area contributed by atoms with E-state index in [9.17, 15) is 15.0 Å². The number of aliphatic imine (C=N–C) groups is 1. The van der Waals surface area contributed by atoms with Crippen LogP contribution in [0.4, 0.5) is 5.69 Å². The molecule has 2 aromatic rings. The van der Waals surface area contributed by atoms with Gasteiger partial charge in [0.1, 0.15) is 17.2 Å². The normalized spacial score (nSPS) is 15.4. The van der Waals surface area contributed by atoms with E-state index in [-0.39, 0.29) is 17.3 Å². The molecule has 0 aliphatic heterocycles. The first-order chi connectivity index (χ1) is 9.66. The Labute approximate surface area is 115 Å². The molecule has 20 heavy (non-hydrogen) atoms.